The second kappa shape index (κ2) is 4.87. The molecule has 88 valence electrons. The van der Waals surface area contributed by atoms with Gasteiger partial charge in [-0.2, -0.15) is 0 Å². The average Bonchev–Trinajstić information content (AvgIpc) is 2.16. The van der Waals surface area contributed by atoms with Gasteiger partial charge in [-0.05, 0) is 34.1 Å². The van der Waals surface area contributed by atoms with Crippen molar-refractivity contribution in [1.29, 1.82) is 0 Å². The van der Waals surface area contributed by atoms with Crippen molar-refractivity contribution in [3.63, 3.8) is 0 Å². The molecule has 0 aromatic heterocycles. The third kappa shape index (κ3) is 3.23. The summed E-state index contributed by atoms with van der Waals surface area (Å²) in [5.41, 5.74) is 6.61. The maximum Gasteiger partial charge on any atom is 0.133 e. The van der Waals surface area contributed by atoms with Gasteiger partial charge in [-0.15, -0.1) is 0 Å². The predicted molar refractivity (Wildman–Crippen MR) is 71.4 cm³/mol. The van der Waals surface area contributed by atoms with E-state index in [4.69, 9.17) is 10.5 Å². The number of nitrogens with two attached hydrogens (primary N) is 1. The monoisotopic (exact) mass is 284 g/mol. The van der Waals surface area contributed by atoms with Gasteiger partial charge >= 0.3 is 0 Å². The van der Waals surface area contributed by atoms with Gasteiger partial charge in [0.05, 0.1) is 17.3 Å². The molecule has 1 rings (SSSR count). The molecule has 2 N–H and O–H groups in total. The Bertz CT molecular complexity index is 408. The Kier molecular flexibility index (Phi) is 3.97. The molecule has 0 atom stereocenters. The Morgan fingerprint density at radius 1 is 1.38 bits per heavy atom. The first kappa shape index (κ1) is 13.0. The maximum absolute atomic E-state index is 5.91. The van der Waals surface area contributed by atoms with E-state index >= 15 is 0 Å². The summed E-state index contributed by atoms with van der Waals surface area (Å²) in [5, 5.41) is 0. The van der Waals surface area contributed by atoms with E-state index < -0.39 is 0 Å². The van der Waals surface area contributed by atoms with E-state index in [1.165, 1.54) is 0 Å². The van der Waals surface area contributed by atoms with Crippen LogP contribution in [0.15, 0.2) is 27.7 Å². The minimum Gasteiger partial charge on any atom is -0.496 e. The van der Waals surface area contributed by atoms with Crippen molar-refractivity contribution < 1.29 is 4.74 Å². The molecule has 16 heavy (non-hydrogen) atoms. The van der Waals surface area contributed by atoms with Crippen molar-refractivity contribution in [2.45, 2.75) is 20.8 Å². The van der Waals surface area contributed by atoms with Crippen LogP contribution in [-0.2, 0) is 0 Å². The molecule has 0 spiro atoms. The fraction of sp³-hybridized carbons (Fsp3) is 0.417. The van der Waals surface area contributed by atoms with Crippen molar-refractivity contribution >= 4 is 27.5 Å². The van der Waals surface area contributed by atoms with Crippen LogP contribution in [0.25, 0.3) is 0 Å². The number of aliphatic imine (C=N–C) groups is 1. The highest BCUT2D eigenvalue weighted by Gasteiger charge is 2.15. The van der Waals surface area contributed by atoms with Crippen molar-refractivity contribution in [3.05, 3.63) is 22.7 Å². The highest BCUT2D eigenvalue weighted by Crippen LogP contribution is 2.29. The number of methoxy groups -OCH3 is 1. The quantitative estimate of drug-likeness (QED) is 0.668. The van der Waals surface area contributed by atoms with E-state index in [1.54, 1.807) is 7.11 Å². The molecule has 1 aromatic carbocycles. The number of nitrogens with zero attached hydrogens (tertiary/aromatic N) is 1. The Hall–Kier alpha value is -1.03. The number of hydrogen-bond acceptors (Lipinski definition) is 2. The fourth-order valence-electron chi connectivity index (χ4n) is 1.03. The Balaban J connectivity index is 3.04. The number of benzene rings is 1. The van der Waals surface area contributed by atoms with Gasteiger partial charge in [0.1, 0.15) is 11.6 Å². The van der Waals surface area contributed by atoms with Crippen LogP contribution in [0.5, 0.6) is 5.75 Å². The lowest BCUT2D eigenvalue weighted by Gasteiger charge is -2.17. The van der Waals surface area contributed by atoms with Gasteiger partial charge in [0.15, 0.2) is 0 Å². The summed E-state index contributed by atoms with van der Waals surface area (Å²) < 4.78 is 6.02. The van der Waals surface area contributed by atoms with E-state index in [2.05, 4.69) is 20.9 Å². The zero-order valence-electron chi connectivity index (χ0n) is 10.0. The summed E-state index contributed by atoms with van der Waals surface area (Å²) in [6, 6.07) is 5.62. The predicted octanol–water partition coefficient (Wildman–Crippen LogP) is 3.49. The van der Waals surface area contributed by atoms with Gasteiger partial charge in [-0.1, -0.05) is 20.8 Å². The summed E-state index contributed by atoms with van der Waals surface area (Å²) in [6.07, 6.45) is 0. The van der Waals surface area contributed by atoms with Crippen molar-refractivity contribution in [1.82, 2.24) is 0 Å². The van der Waals surface area contributed by atoms with Crippen LogP contribution in [0.1, 0.15) is 20.8 Å². The highest BCUT2D eigenvalue weighted by atomic mass is 79.9. The smallest absolute Gasteiger partial charge is 0.133 e. The standard InChI is InChI=1S/C12H17BrN2O/c1-12(2,3)11(14)15-8-5-6-10(16-4)9(13)7-8/h5-7H,1-4H3,(H2,14,15). The number of rotatable bonds is 2. The van der Waals surface area contributed by atoms with E-state index in [1.807, 2.05) is 39.0 Å². The normalized spacial score (nSPS) is 12.7. The van der Waals surface area contributed by atoms with Gasteiger partial charge in [0.2, 0.25) is 0 Å². The largest absolute Gasteiger partial charge is 0.496 e. The molecule has 0 aliphatic rings. The van der Waals surface area contributed by atoms with Crippen LogP contribution >= 0.6 is 15.9 Å². The molecule has 0 amide bonds. The Morgan fingerprint density at radius 2 is 2.00 bits per heavy atom. The third-order valence-electron chi connectivity index (χ3n) is 2.15. The van der Waals surface area contributed by atoms with Crippen LogP contribution in [0.2, 0.25) is 0 Å². The molecule has 0 bridgehead atoms. The van der Waals surface area contributed by atoms with E-state index in [-0.39, 0.29) is 5.41 Å². The molecule has 0 fully saturated rings. The lowest BCUT2D eigenvalue weighted by Crippen LogP contribution is -2.28. The topological polar surface area (TPSA) is 47.6 Å². The van der Waals surface area contributed by atoms with Gasteiger partial charge in [0, 0.05) is 5.41 Å². The van der Waals surface area contributed by atoms with Gasteiger partial charge < -0.3 is 10.5 Å². The van der Waals surface area contributed by atoms with Gasteiger partial charge in [-0.25, -0.2) is 4.99 Å². The second-order valence-corrected chi connectivity index (χ2v) is 5.42. The van der Waals surface area contributed by atoms with Gasteiger partial charge in [-0.3, -0.25) is 0 Å². The van der Waals surface area contributed by atoms with Crippen LogP contribution in [0.3, 0.4) is 0 Å². The first-order valence-corrected chi connectivity index (χ1v) is 5.82. The third-order valence-corrected chi connectivity index (χ3v) is 2.77. The zero-order valence-corrected chi connectivity index (χ0v) is 11.6. The first-order chi connectivity index (χ1) is 7.34. The summed E-state index contributed by atoms with van der Waals surface area (Å²) in [7, 11) is 1.63. The summed E-state index contributed by atoms with van der Waals surface area (Å²) in [6.45, 7) is 6.10. The molecular formula is C12H17BrN2O. The average molecular weight is 285 g/mol. The van der Waals surface area contributed by atoms with Gasteiger partial charge in [0.25, 0.3) is 0 Å². The molecule has 0 radical (unpaired) electrons. The first-order valence-electron chi connectivity index (χ1n) is 5.03. The fourth-order valence-corrected chi connectivity index (χ4v) is 1.56. The summed E-state index contributed by atoms with van der Waals surface area (Å²) in [4.78, 5) is 4.38. The Labute approximate surface area is 105 Å². The van der Waals surface area contributed by atoms with Crippen molar-refractivity contribution in [2.24, 2.45) is 16.1 Å². The SMILES string of the molecule is COc1ccc(N=C(N)C(C)(C)C)cc1Br. The lowest BCUT2D eigenvalue weighted by atomic mass is 9.95. The minimum atomic E-state index is -0.119. The van der Waals surface area contributed by atoms with Crippen molar-refractivity contribution in [2.75, 3.05) is 7.11 Å². The van der Waals surface area contributed by atoms with Crippen LogP contribution in [0, 0.1) is 5.41 Å². The molecule has 0 aliphatic carbocycles. The van der Waals surface area contributed by atoms with E-state index in [0.29, 0.717) is 5.84 Å². The maximum atomic E-state index is 5.91. The molecule has 4 heteroatoms. The number of halogens is 1. The van der Waals surface area contributed by atoms with E-state index in [0.717, 1.165) is 15.9 Å². The lowest BCUT2D eigenvalue weighted by molar-refractivity contribution is 0.412. The molecule has 0 aliphatic heterocycles. The van der Waals surface area contributed by atoms with Crippen LogP contribution in [0.4, 0.5) is 5.69 Å². The zero-order chi connectivity index (χ0) is 12.3. The molecule has 0 unspecified atom stereocenters. The van der Waals surface area contributed by atoms with E-state index in [9.17, 15) is 0 Å². The highest BCUT2D eigenvalue weighted by molar-refractivity contribution is 9.10. The Morgan fingerprint density at radius 3 is 2.44 bits per heavy atom. The molecule has 1 aromatic rings. The van der Waals surface area contributed by atoms with Crippen LogP contribution < -0.4 is 10.5 Å². The van der Waals surface area contributed by atoms with Crippen molar-refractivity contribution in [3.8, 4) is 5.75 Å². The van der Waals surface area contributed by atoms with Crippen LogP contribution in [-0.4, -0.2) is 12.9 Å². The number of hydrogen-bond donors (Lipinski definition) is 1. The second-order valence-electron chi connectivity index (χ2n) is 4.57. The molecule has 3 nitrogen and oxygen atoms in total. The molecule has 0 heterocycles. The minimum absolute atomic E-state index is 0.119. The molecular weight excluding hydrogens is 268 g/mol. The summed E-state index contributed by atoms with van der Waals surface area (Å²) >= 11 is 3.41. The number of ether oxygens (including phenoxy) is 1. The molecule has 0 saturated carbocycles. The molecule has 0 saturated heterocycles. The summed E-state index contributed by atoms with van der Waals surface area (Å²) in [5.74, 6) is 1.40. The number of amidine groups is 1.